The third-order valence-corrected chi connectivity index (χ3v) is 3.22. The van der Waals surface area contributed by atoms with Gasteiger partial charge in [0.1, 0.15) is 5.75 Å². The minimum Gasteiger partial charge on any atom is -0.507 e. The molecule has 0 saturated heterocycles. The largest absolute Gasteiger partial charge is 0.507 e. The first-order chi connectivity index (χ1) is 6.24. The highest BCUT2D eigenvalue weighted by Crippen LogP contribution is 2.32. The maximum Gasteiger partial charge on any atom is 0.155 e. The van der Waals surface area contributed by atoms with Gasteiger partial charge in [-0.25, -0.2) is 0 Å². The number of phenolic OH excluding ortho intramolecular Hbond substituents is 1. The van der Waals surface area contributed by atoms with Crippen molar-refractivity contribution in [2.45, 2.75) is 6.92 Å². The van der Waals surface area contributed by atoms with Crippen LogP contribution in [0.25, 0.3) is 10.1 Å². The van der Waals surface area contributed by atoms with E-state index >= 15 is 0 Å². The Balaban J connectivity index is 2.92. The Labute approximate surface area is 79.4 Å². The number of rotatable bonds is 1. The van der Waals surface area contributed by atoms with Crippen molar-refractivity contribution < 1.29 is 9.90 Å². The lowest BCUT2D eigenvalue weighted by Gasteiger charge is -1.98. The van der Waals surface area contributed by atoms with Crippen molar-refractivity contribution in [1.29, 1.82) is 0 Å². The molecule has 0 amide bonds. The van der Waals surface area contributed by atoms with E-state index in [1.807, 2.05) is 18.4 Å². The summed E-state index contributed by atoms with van der Waals surface area (Å²) in [7, 11) is 0. The van der Waals surface area contributed by atoms with Crippen LogP contribution in [0.15, 0.2) is 17.5 Å². The van der Waals surface area contributed by atoms with Crippen LogP contribution in [0.5, 0.6) is 5.75 Å². The SMILES string of the molecule is Cc1csc2c(C=O)c(O)ccc12. The zero-order chi connectivity index (χ0) is 9.42. The van der Waals surface area contributed by atoms with E-state index in [-0.39, 0.29) is 5.75 Å². The molecule has 0 saturated carbocycles. The van der Waals surface area contributed by atoms with E-state index in [4.69, 9.17) is 0 Å². The number of thiophene rings is 1. The molecule has 1 heterocycles. The monoisotopic (exact) mass is 192 g/mol. The van der Waals surface area contributed by atoms with Gasteiger partial charge in [-0.15, -0.1) is 11.3 Å². The highest BCUT2D eigenvalue weighted by atomic mass is 32.1. The standard InChI is InChI=1S/C10H8O2S/c1-6-5-13-10-7(6)2-3-9(12)8(10)4-11/h2-5,12H,1H3. The fraction of sp³-hybridized carbons (Fsp3) is 0.100. The first-order valence-corrected chi connectivity index (χ1v) is 4.77. The van der Waals surface area contributed by atoms with E-state index in [0.717, 1.165) is 15.6 Å². The van der Waals surface area contributed by atoms with Crippen LogP contribution >= 0.6 is 11.3 Å². The van der Waals surface area contributed by atoms with Crippen molar-refractivity contribution in [3.8, 4) is 5.75 Å². The van der Waals surface area contributed by atoms with Gasteiger partial charge in [0.25, 0.3) is 0 Å². The number of aldehydes is 1. The molecule has 1 N–H and O–H groups in total. The molecule has 0 aliphatic carbocycles. The smallest absolute Gasteiger partial charge is 0.155 e. The number of carbonyl (C=O) groups excluding carboxylic acids is 1. The van der Waals surface area contributed by atoms with E-state index in [1.165, 1.54) is 11.3 Å². The molecule has 66 valence electrons. The molecule has 13 heavy (non-hydrogen) atoms. The average molecular weight is 192 g/mol. The van der Waals surface area contributed by atoms with E-state index < -0.39 is 0 Å². The average Bonchev–Trinajstić information content (AvgIpc) is 2.48. The van der Waals surface area contributed by atoms with Crippen molar-refractivity contribution >= 4 is 27.7 Å². The van der Waals surface area contributed by atoms with E-state index in [1.54, 1.807) is 6.07 Å². The zero-order valence-electron chi connectivity index (χ0n) is 7.07. The normalized spacial score (nSPS) is 10.5. The molecular weight excluding hydrogens is 184 g/mol. The number of hydrogen-bond acceptors (Lipinski definition) is 3. The van der Waals surface area contributed by atoms with Crippen LogP contribution in [0.2, 0.25) is 0 Å². The minimum atomic E-state index is 0.0596. The van der Waals surface area contributed by atoms with E-state index in [0.29, 0.717) is 11.8 Å². The molecule has 3 heteroatoms. The number of aryl methyl sites for hydroxylation is 1. The molecule has 0 unspecified atom stereocenters. The maximum atomic E-state index is 10.7. The quantitative estimate of drug-likeness (QED) is 0.705. The highest BCUT2D eigenvalue weighted by molar-refractivity contribution is 7.17. The van der Waals surface area contributed by atoms with Crippen molar-refractivity contribution in [3.05, 3.63) is 28.6 Å². The van der Waals surface area contributed by atoms with Gasteiger partial charge < -0.3 is 5.11 Å². The molecule has 0 aliphatic heterocycles. The predicted octanol–water partition coefficient (Wildman–Crippen LogP) is 2.73. The van der Waals surface area contributed by atoms with Gasteiger partial charge in [0.15, 0.2) is 6.29 Å². The molecule has 1 aromatic carbocycles. The first-order valence-electron chi connectivity index (χ1n) is 3.89. The zero-order valence-corrected chi connectivity index (χ0v) is 7.89. The van der Waals surface area contributed by atoms with Gasteiger partial charge in [0.2, 0.25) is 0 Å². The predicted molar refractivity (Wildman–Crippen MR) is 53.6 cm³/mol. The molecule has 0 spiro atoms. The first kappa shape index (κ1) is 8.26. The second kappa shape index (κ2) is 2.85. The summed E-state index contributed by atoms with van der Waals surface area (Å²) in [5, 5.41) is 12.4. The summed E-state index contributed by atoms with van der Waals surface area (Å²) >= 11 is 1.49. The summed E-state index contributed by atoms with van der Waals surface area (Å²) in [5.74, 6) is 0.0596. The van der Waals surface area contributed by atoms with Gasteiger partial charge in [-0.3, -0.25) is 4.79 Å². The number of phenols is 1. The third-order valence-electron chi connectivity index (χ3n) is 2.07. The molecule has 1 aromatic heterocycles. The Morgan fingerprint density at radius 2 is 2.23 bits per heavy atom. The second-order valence-corrected chi connectivity index (χ2v) is 3.79. The molecule has 0 atom stereocenters. The number of hydrogen-bond donors (Lipinski definition) is 1. The van der Waals surface area contributed by atoms with Crippen LogP contribution in [-0.4, -0.2) is 11.4 Å². The molecule has 2 aromatic rings. The summed E-state index contributed by atoms with van der Waals surface area (Å²) in [6.45, 7) is 1.99. The van der Waals surface area contributed by atoms with Gasteiger partial charge in [0, 0.05) is 4.70 Å². The van der Waals surface area contributed by atoms with Gasteiger partial charge in [-0.2, -0.15) is 0 Å². The highest BCUT2D eigenvalue weighted by Gasteiger charge is 2.08. The van der Waals surface area contributed by atoms with Crippen molar-refractivity contribution in [3.63, 3.8) is 0 Å². The van der Waals surface area contributed by atoms with Gasteiger partial charge in [-0.05, 0) is 35.4 Å². The Hall–Kier alpha value is -1.35. The molecule has 0 bridgehead atoms. The Bertz CT molecular complexity index is 471. The summed E-state index contributed by atoms with van der Waals surface area (Å²) in [5.41, 5.74) is 1.54. The topological polar surface area (TPSA) is 37.3 Å². The summed E-state index contributed by atoms with van der Waals surface area (Å²) in [6.07, 6.45) is 0.702. The van der Waals surface area contributed by atoms with Crippen molar-refractivity contribution in [2.75, 3.05) is 0 Å². The van der Waals surface area contributed by atoms with E-state index in [9.17, 15) is 9.90 Å². The van der Waals surface area contributed by atoms with Crippen LogP contribution in [0.1, 0.15) is 15.9 Å². The van der Waals surface area contributed by atoms with Gasteiger partial charge >= 0.3 is 0 Å². The van der Waals surface area contributed by atoms with Crippen molar-refractivity contribution in [2.24, 2.45) is 0 Å². The molecule has 0 radical (unpaired) electrons. The van der Waals surface area contributed by atoms with Crippen LogP contribution in [0, 0.1) is 6.92 Å². The molecule has 2 nitrogen and oxygen atoms in total. The number of fused-ring (bicyclic) bond motifs is 1. The van der Waals surface area contributed by atoms with Crippen molar-refractivity contribution in [1.82, 2.24) is 0 Å². The number of benzene rings is 1. The van der Waals surface area contributed by atoms with Gasteiger partial charge in [0.05, 0.1) is 5.56 Å². The Kier molecular flexibility index (Phi) is 1.81. The lowest BCUT2D eigenvalue weighted by molar-refractivity contribution is 0.112. The second-order valence-electron chi connectivity index (χ2n) is 2.91. The summed E-state index contributed by atoms with van der Waals surface area (Å²) in [6, 6.07) is 3.40. The van der Waals surface area contributed by atoms with Crippen LogP contribution in [0.3, 0.4) is 0 Å². The maximum absolute atomic E-state index is 10.7. The molecular formula is C10H8O2S. The Morgan fingerprint density at radius 3 is 2.92 bits per heavy atom. The summed E-state index contributed by atoms with van der Waals surface area (Å²) < 4.78 is 0.868. The fourth-order valence-corrected chi connectivity index (χ4v) is 2.41. The third kappa shape index (κ3) is 1.12. The molecule has 0 fully saturated rings. The minimum absolute atomic E-state index is 0.0596. The van der Waals surface area contributed by atoms with Crippen LogP contribution in [0.4, 0.5) is 0 Å². The molecule has 2 rings (SSSR count). The lowest BCUT2D eigenvalue weighted by atomic mass is 10.1. The number of carbonyl (C=O) groups is 1. The summed E-state index contributed by atoms with van der Waals surface area (Å²) in [4.78, 5) is 10.7. The van der Waals surface area contributed by atoms with E-state index in [2.05, 4.69) is 0 Å². The van der Waals surface area contributed by atoms with Crippen LogP contribution < -0.4 is 0 Å². The van der Waals surface area contributed by atoms with Gasteiger partial charge in [-0.1, -0.05) is 0 Å². The molecule has 0 aliphatic rings. The fourth-order valence-electron chi connectivity index (χ4n) is 1.35. The van der Waals surface area contributed by atoms with Crippen LogP contribution in [-0.2, 0) is 0 Å². The lowest BCUT2D eigenvalue weighted by Crippen LogP contribution is -1.81. The Morgan fingerprint density at radius 1 is 1.46 bits per heavy atom. The number of aromatic hydroxyl groups is 1.